The third-order valence-electron chi connectivity index (χ3n) is 6.73. The number of hydrogen-bond acceptors (Lipinski definition) is 4. The lowest BCUT2D eigenvalue weighted by Crippen LogP contribution is -3.00. The largest absolute Gasteiger partial charge is 1.00 e. The molecular weight excluding hydrogens is 404 g/mol. The summed E-state index contributed by atoms with van der Waals surface area (Å²) in [7, 11) is 0. The number of nitrogens with zero attached hydrogens (tertiary/aromatic N) is 1. The van der Waals surface area contributed by atoms with Crippen molar-refractivity contribution in [3.05, 3.63) is 35.9 Å². The monoisotopic (exact) mass is 431 g/mol. The lowest BCUT2D eigenvalue weighted by molar-refractivity contribution is -0.925. The van der Waals surface area contributed by atoms with Crippen LogP contribution in [0.4, 0.5) is 8.78 Å². The molecule has 29 heavy (non-hydrogen) atoms. The minimum absolute atomic E-state index is 0. The Bertz CT molecular complexity index is 714. The number of benzene rings is 1. The maximum atomic E-state index is 13.9. The van der Waals surface area contributed by atoms with E-state index < -0.39 is 29.8 Å². The van der Waals surface area contributed by atoms with Gasteiger partial charge in [0.25, 0.3) is 0 Å². The van der Waals surface area contributed by atoms with E-state index >= 15 is 0 Å². The van der Waals surface area contributed by atoms with Crippen LogP contribution in [0.2, 0.25) is 0 Å². The predicted molar refractivity (Wildman–Crippen MR) is 97.7 cm³/mol. The Morgan fingerprint density at radius 1 is 1.17 bits per heavy atom. The molecule has 2 saturated heterocycles. The van der Waals surface area contributed by atoms with E-state index in [2.05, 4.69) is 0 Å². The molecule has 1 N–H and O–H groups in total. The minimum Gasteiger partial charge on any atom is -1.00 e. The molecule has 0 aromatic heterocycles. The van der Waals surface area contributed by atoms with Crippen LogP contribution in [0.5, 0.6) is 0 Å². The molecule has 3 fully saturated rings. The molecule has 1 aromatic rings. The van der Waals surface area contributed by atoms with Gasteiger partial charge in [-0.3, -0.25) is 0 Å². The number of halogens is 3. The number of alkyl halides is 2. The smallest absolute Gasteiger partial charge is 0.343 e. The van der Waals surface area contributed by atoms with Gasteiger partial charge in [-0.15, -0.1) is 0 Å². The summed E-state index contributed by atoms with van der Waals surface area (Å²) in [6.07, 6.45) is -0.311. The molecule has 0 unspecified atom stereocenters. The van der Waals surface area contributed by atoms with E-state index in [1.54, 1.807) is 30.3 Å². The van der Waals surface area contributed by atoms with Gasteiger partial charge in [0.05, 0.1) is 19.8 Å². The van der Waals surface area contributed by atoms with E-state index in [0.717, 1.165) is 30.5 Å². The van der Waals surface area contributed by atoms with Gasteiger partial charge in [-0.1, -0.05) is 30.3 Å². The number of ether oxygens (including phenoxy) is 2. The molecule has 3 aliphatic rings. The molecule has 2 aliphatic heterocycles. The number of aliphatic hydroxyl groups is 1. The topological polar surface area (TPSA) is 55.8 Å². The second kappa shape index (κ2) is 8.46. The van der Waals surface area contributed by atoms with Crippen LogP contribution in [-0.4, -0.2) is 67.0 Å². The number of rotatable bonds is 4. The fourth-order valence-electron chi connectivity index (χ4n) is 5.03. The molecule has 5 nitrogen and oxygen atoms in total. The molecule has 0 bridgehead atoms. The summed E-state index contributed by atoms with van der Waals surface area (Å²) in [6.45, 7) is 4.79. The molecule has 8 heteroatoms. The standard InChI is InChI=1S/C21H28F2NO4.ClH/c22-20(23)8-6-17(14-20)21(26,16-4-2-1-3-5-16)19(25)28-18-7-9-24(15-18)10-12-27-13-11-24;/h1-5,17-18,26H,6-15H2;1H/q+1;/p-1/t17-,18-,21+;/m1./s1. The van der Waals surface area contributed by atoms with Gasteiger partial charge in [0.15, 0.2) is 11.7 Å². The van der Waals surface area contributed by atoms with Crippen LogP contribution in [0, 0.1) is 5.92 Å². The number of morpholine rings is 1. The zero-order valence-electron chi connectivity index (χ0n) is 16.4. The molecular formula is C21H28ClF2NO4. The number of carbonyl (C=O) groups excluding carboxylic acids is 1. The van der Waals surface area contributed by atoms with Crippen molar-refractivity contribution >= 4 is 5.97 Å². The van der Waals surface area contributed by atoms with Crippen molar-refractivity contribution in [2.24, 2.45) is 5.92 Å². The van der Waals surface area contributed by atoms with Crippen molar-refractivity contribution in [3.8, 4) is 0 Å². The minimum atomic E-state index is -2.86. The van der Waals surface area contributed by atoms with Crippen molar-refractivity contribution in [2.75, 3.05) is 39.4 Å². The molecule has 4 rings (SSSR count). The molecule has 2 heterocycles. The average molecular weight is 432 g/mol. The quantitative estimate of drug-likeness (QED) is 0.515. The Labute approximate surface area is 176 Å². The average Bonchev–Trinajstić information content (AvgIpc) is 3.25. The summed E-state index contributed by atoms with van der Waals surface area (Å²) in [6, 6.07) is 8.39. The van der Waals surface area contributed by atoms with Crippen LogP contribution >= 0.6 is 0 Å². The zero-order valence-corrected chi connectivity index (χ0v) is 17.1. The summed E-state index contributed by atoms with van der Waals surface area (Å²) in [5, 5.41) is 11.4. The molecule has 1 aromatic carbocycles. The normalized spacial score (nSPS) is 29.8. The summed E-state index contributed by atoms with van der Waals surface area (Å²) >= 11 is 0. The number of esters is 1. The van der Waals surface area contributed by atoms with Gasteiger partial charge < -0.3 is 31.5 Å². The molecule has 0 radical (unpaired) electrons. The Balaban J connectivity index is 0.00000240. The van der Waals surface area contributed by atoms with E-state index in [4.69, 9.17) is 9.47 Å². The predicted octanol–water partition coefficient (Wildman–Crippen LogP) is -0.524. The van der Waals surface area contributed by atoms with E-state index in [-0.39, 0.29) is 31.4 Å². The molecule has 1 saturated carbocycles. The van der Waals surface area contributed by atoms with Crippen molar-refractivity contribution in [2.45, 2.75) is 43.3 Å². The highest BCUT2D eigenvalue weighted by Crippen LogP contribution is 2.48. The van der Waals surface area contributed by atoms with Crippen LogP contribution in [0.1, 0.15) is 31.2 Å². The summed E-state index contributed by atoms with van der Waals surface area (Å²) in [5.74, 6) is -4.51. The molecule has 3 atom stereocenters. The highest BCUT2D eigenvalue weighted by atomic mass is 35.5. The van der Waals surface area contributed by atoms with Crippen molar-refractivity contribution in [1.29, 1.82) is 0 Å². The maximum absolute atomic E-state index is 13.9. The fraction of sp³-hybridized carbons (Fsp3) is 0.667. The number of quaternary nitrogens is 1. The first-order valence-corrected chi connectivity index (χ1v) is 10.1. The lowest BCUT2D eigenvalue weighted by atomic mass is 9.80. The van der Waals surface area contributed by atoms with Gasteiger partial charge in [0.2, 0.25) is 5.92 Å². The number of carbonyl (C=O) groups is 1. The Morgan fingerprint density at radius 3 is 2.48 bits per heavy atom. The Kier molecular flexibility index (Phi) is 6.53. The van der Waals surface area contributed by atoms with Gasteiger partial charge >= 0.3 is 5.97 Å². The third kappa shape index (κ3) is 4.43. The molecule has 162 valence electrons. The third-order valence-corrected chi connectivity index (χ3v) is 6.73. The first kappa shape index (κ1) is 22.4. The molecule has 1 aliphatic carbocycles. The first-order chi connectivity index (χ1) is 13.3. The van der Waals surface area contributed by atoms with Crippen LogP contribution in [0.15, 0.2) is 30.3 Å². The van der Waals surface area contributed by atoms with Gasteiger partial charge in [-0.2, -0.15) is 0 Å². The molecule has 1 spiro atoms. The van der Waals surface area contributed by atoms with Gasteiger partial charge in [0.1, 0.15) is 19.6 Å². The highest BCUT2D eigenvalue weighted by Gasteiger charge is 2.55. The van der Waals surface area contributed by atoms with E-state index in [0.29, 0.717) is 25.3 Å². The van der Waals surface area contributed by atoms with Crippen LogP contribution in [0.25, 0.3) is 0 Å². The van der Waals surface area contributed by atoms with Crippen molar-refractivity contribution in [3.63, 3.8) is 0 Å². The maximum Gasteiger partial charge on any atom is 0.343 e. The second-order valence-corrected chi connectivity index (χ2v) is 8.55. The van der Waals surface area contributed by atoms with E-state index in [9.17, 15) is 18.7 Å². The van der Waals surface area contributed by atoms with Crippen molar-refractivity contribution in [1.82, 2.24) is 0 Å². The van der Waals surface area contributed by atoms with Crippen LogP contribution in [0.3, 0.4) is 0 Å². The fourth-order valence-corrected chi connectivity index (χ4v) is 5.03. The lowest BCUT2D eigenvalue weighted by Gasteiger charge is -2.37. The van der Waals surface area contributed by atoms with Gasteiger partial charge in [-0.05, 0) is 12.0 Å². The number of hydrogen-bond donors (Lipinski definition) is 1. The van der Waals surface area contributed by atoms with E-state index in [1.165, 1.54) is 0 Å². The zero-order chi connectivity index (χ0) is 19.8. The Morgan fingerprint density at radius 2 is 1.86 bits per heavy atom. The van der Waals surface area contributed by atoms with Crippen molar-refractivity contribution < 1.29 is 45.0 Å². The second-order valence-electron chi connectivity index (χ2n) is 8.55. The summed E-state index contributed by atoms with van der Waals surface area (Å²) in [5.41, 5.74) is -1.71. The van der Waals surface area contributed by atoms with E-state index in [1.807, 2.05) is 0 Å². The molecule has 0 amide bonds. The Hall–Kier alpha value is -1.28. The highest BCUT2D eigenvalue weighted by molar-refractivity contribution is 5.82. The first-order valence-electron chi connectivity index (χ1n) is 10.1. The van der Waals surface area contributed by atoms with Gasteiger partial charge in [-0.25, -0.2) is 13.6 Å². The van der Waals surface area contributed by atoms with Crippen LogP contribution in [-0.2, 0) is 19.9 Å². The summed E-state index contributed by atoms with van der Waals surface area (Å²) < 4.78 is 39.8. The van der Waals surface area contributed by atoms with Crippen LogP contribution < -0.4 is 12.4 Å². The SMILES string of the molecule is O=C(O[C@@H]1CC[N+]2(CCOCC2)C1)[C@](O)(c1ccccc1)[C@@H]1CCC(F)(F)C1.[Cl-]. The van der Waals surface area contributed by atoms with Gasteiger partial charge in [0, 0.05) is 25.2 Å². The summed E-state index contributed by atoms with van der Waals surface area (Å²) in [4.78, 5) is 13.1.